The topological polar surface area (TPSA) is 72.9 Å². The Labute approximate surface area is 99.6 Å². The maximum atomic E-state index is 11.7. The van der Waals surface area contributed by atoms with Gasteiger partial charge in [0.25, 0.3) is 0 Å². The molecule has 3 N–H and O–H groups in total. The number of nitrogens with two attached hydrogens (primary N) is 1. The van der Waals surface area contributed by atoms with E-state index in [1.54, 1.807) is 18.5 Å². The molecule has 0 radical (unpaired) electrons. The fourth-order valence-corrected chi connectivity index (χ4v) is 1.95. The first-order valence-electron chi connectivity index (χ1n) is 5.50. The molecule has 1 atom stereocenters. The van der Waals surface area contributed by atoms with Crippen LogP contribution in [-0.2, 0) is 4.79 Å². The Morgan fingerprint density at radius 3 is 2.88 bits per heavy atom. The molecule has 2 rings (SSSR count). The van der Waals surface area contributed by atoms with Gasteiger partial charge in [-0.05, 0) is 31.5 Å². The van der Waals surface area contributed by atoms with E-state index in [-0.39, 0.29) is 11.9 Å². The summed E-state index contributed by atoms with van der Waals surface area (Å²) in [6, 6.07) is 5.50. The lowest BCUT2D eigenvalue weighted by Gasteiger charge is -2.14. The van der Waals surface area contributed by atoms with Crippen LogP contribution in [0.3, 0.4) is 0 Å². The Hall–Kier alpha value is -2.04. The van der Waals surface area contributed by atoms with Gasteiger partial charge in [0.1, 0.15) is 6.04 Å². The van der Waals surface area contributed by atoms with Crippen LogP contribution in [0.1, 0.15) is 18.5 Å². The largest absolute Gasteiger partial charge is 0.369 e. The van der Waals surface area contributed by atoms with Crippen molar-refractivity contribution in [3.63, 3.8) is 0 Å². The average molecular weight is 232 g/mol. The molecule has 2 aromatic rings. The molecule has 1 unspecified atom stereocenters. The van der Waals surface area contributed by atoms with Crippen LogP contribution in [0, 0.1) is 6.92 Å². The van der Waals surface area contributed by atoms with Gasteiger partial charge in [-0.1, -0.05) is 6.07 Å². The Morgan fingerprint density at radius 1 is 1.53 bits per heavy atom. The first-order valence-corrected chi connectivity index (χ1v) is 5.50. The van der Waals surface area contributed by atoms with E-state index >= 15 is 0 Å². The summed E-state index contributed by atoms with van der Waals surface area (Å²) in [5.74, 6) is 0.277. The number of anilines is 1. The molecule has 1 aromatic heterocycles. The number of likely N-dealkylation sites (N-methyl/N-ethyl adjacent to an activating group) is 1. The molecule has 0 bridgehead atoms. The van der Waals surface area contributed by atoms with Crippen LogP contribution in [0.4, 0.5) is 5.95 Å². The number of nitrogens with one attached hydrogen (secondary N) is 1. The Kier molecular flexibility index (Phi) is 2.75. The summed E-state index contributed by atoms with van der Waals surface area (Å²) in [5, 5.41) is 2.62. The number of nitrogen functional groups attached to an aromatic ring is 1. The Morgan fingerprint density at radius 2 is 2.24 bits per heavy atom. The van der Waals surface area contributed by atoms with Crippen LogP contribution in [-0.4, -0.2) is 22.5 Å². The number of aryl methyl sites for hydroxylation is 1. The van der Waals surface area contributed by atoms with Gasteiger partial charge in [-0.3, -0.25) is 9.36 Å². The Balaban J connectivity index is 2.63. The molecule has 5 nitrogen and oxygen atoms in total. The number of benzene rings is 1. The number of nitrogens with zero attached hydrogens (tertiary/aromatic N) is 2. The van der Waals surface area contributed by atoms with E-state index in [0.29, 0.717) is 5.95 Å². The third kappa shape index (κ3) is 1.84. The van der Waals surface area contributed by atoms with Crippen molar-refractivity contribution in [2.75, 3.05) is 12.8 Å². The minimum absolute atomic E-state index is 0.0856. The van der Waals surface area contributed by atoms with Crippen LogP contribution >= 0.6 is 0 Å². The van der Waals surface area contributed by atoms with Gasteiger partial charge < -0.3 is 11.1 Å². The number of aromatic nitrogens is 2. The summed E-state index contributed by atoms with van der Waals surface area (Å²) in [6.07, 6.45) is 0. The molecular formula is C12H16N4O. The van der Waals surface area contributed by atoms with Crippen LogP contribution in [0.5, 0.6) is 0 Å². The van der Waals surface area contributed by atoms with Crippen molar-refractivity contribution in [3.8, 4) is 0 Å². The van der Waals surface area contributed by atoms with Crippen molar-refractivity contribution in [1.82, 2.24) is 14.9 Å². The maximum Gasteiger partial charge on any atom is 0.242 e. The highest BCUT2D eigenvalue weighted by molar-refractivity contribution is 5.85. The molecule has 1 amide bonds. The molecule has 1 heterocycles. The monoisotopic (exact) mass is 232 g/mol. The summed E-state index contributed by atoms with van der Waals surface area (Å²) in [7, 11) is 1.61. The standard InChI is InChI=1S/C12H16N4O/c1-7-4-5-9-10(6-7)16(12(13)15-9)8(2)11(17)14-3/h4-6,8H,1-3H3,(H2,13,15)(H,14,17). The summed E-state index contributed by atoms with van der Waals surface area (Å²) in [4.78, 5) is 15.9. The van der Waals surface area contributed by atoms with Crippen molar-refractivity contribution >= 4 is 22.9 Å². The number of fused-ring (bicyclic) bond motifs is 1. The molecule has 17 heavy (non-hydrogen) atoms. The SMILES string of the molecule is CNC(=O)C(C)n1c(N)nc2ccc(C)cc21. The fourth-order valence-electron chi connectivity index (χ4n) is 1.95. The highest BCUT2D eigenvalue weighted by Gasteiger charge is 2.19. The van der Waals surface area contributed by atoms with Gasteiger partial charge >= 0.3 is 0 Å². The molecule has 1 aromatic carbocycles. The fraction of sp³-hybridized carbons (Fsp3) is 0.333. The van der Waals surface area contributed by atoms with E-state index < -0.39 is 0 Å². The molecule has 0 fully saturated rings. The summed E-state index contributed by atoms with van der Waals surface area (Å²) >= 11 is 0. The second-order valence-electron chi connectivity index (χ2n) is 4.12. The number of hydrogen-bond acceptors (Lipinski definition) is 3. The van der Waals surface area contributed by atoms with E-state index in [0.717, 1.165) is 16.6 Å². The second kappa shape index (κ2) is 4.08. The smallest absolute Gasteiger partial charge is 0.242 e. The minimum atomic E-state index is -0.369. The van der Waals surface area contributed by atoms with Gasteiger partial charge in [-0.25, -0.2) is 4.98 Å². The second-order valence-corrected chi connectivity index (χ2v) is 4.12. The normalized spacial score (nSPS) is 12.6. The average Bonchev–Trinajstić information content (AvgIpc) is 2.62. The number of imidazole rings is 1. The molecule has 5 heteroatoms. The van der Waals surface area contributed by atoms with Crippen LogP contribution in [0.15, 0.2) is 18.2 Å². The molecule has 0 aliphatic carbocycles. The van der Waals surface area contributed by atoms with Crippen molar-refractivity contribution in [1.29, 1.82) is 0 Å². The summed E-state index contributed by atoms with van der Waals surface area (Å²) in [5.41, 5.74) is 8.68. The van der Waals surface area contributed by atoms with Crippen LogP contribution in [0.2, 0.25) is 0 Å². The van der Waals surface area contributed by atoms with Crippen LogP contribution in [0.25, 0.3) is 11.0 Å². The highest BCUT2D eigenvalue weighted by Crippen LogP contribution is 2.23. The van der Waals surface area contributed by atoms with E-state index in [2.05, 4.69) is 10.3 Å². The quantitative estimate of drug-likeness (QED) is 0.818. The predicted octanol–water partition coefficient (Wildman–Crippen LogP) is 1.23. The third-order valence-corrected chi connectivity index (χ3v) is 2.89. The first-order chi connectivity index (χ1) is 8.04. The highest BCUT2D eigenvalue weighted by atomic mass is 16.2. The number of carbonyl (C=O) groups excluding carboxylic acids is 1. The number of hydrogen-bond donors (Lipinski definition) is 2. The first kappa shape index (κ1) is 11.4. The maximum absolute atomic E-state index is 11.7. The number of amides is 1. The summed E-state index contributed by atoms with van der Waals surface area (Å²) in [6.45, 7) is 3.80. The molecule has 0 saturated carbocycles. The zero-order valence-corrected chi connectivity index (χ0v) is 10.2. The number of rotatable bonds is 2. The van der Waals surface area contributed by atoms with Crippen LogP contribution < -0.4 is 11.1 Å². The van der Waals surface area contributed by atoms with Gasteiger partial charge in [0.15, 0.2) is 0 Å². The molecule has 0 spiro atoms. The molecule has 90 valence electrons. The molecule has 0 aliphatic rings. The van der Waals surface area contributed by atoms with Gasteiger partial charge in [-0.2, -0.15) is 0 Å². The third-order valence-electron chi connectivity index (χ3n) is 2.89. The molecule has 0 saturated heterocycles. The lowest BCUT2D eigenvalue weighted by Crippen LogP contribution is -2.28. The van der Waals surface area contributed by atoms with Gasteiger partial charge in [0, 0.05) is 7.05 Å². The lowest BCUT2D eigenvalue weighted by molar-refractivity contribution is -0.123. The predicted molar refractivity (Wildman–Crippen MR) is 67.7 cm³/mol. The van der Waals surface area contributed by atoms with Gasteiger partial charge in [0.05, 0.1) is 11.0 Å². The summed E-state index contributed by atoms with van der Waals surface area (Å²) < 4.78 is 1.75. The Bertz CT molecular complexity index is 573. The molecular weight excluding hydrogens is 216 g/mol. The zero-order valence-electron chi connectivity index (χ0n) is 10.2. The minimum Gasteiger partial charge on any atom is -0.369 e. The van der Waals surface area contributed by atoms with E-state index in [4.69, 9.17) is 5.73 Å². The van der Waals surface area contributed by atoms with Gasteiger partial charge in [0.2, 0.25) is 11.9 Å². The zero-order chi connectivity index (χ0) is 12.6. The van der Waals surface area contributed by atoms with Crippen molar-refractivity contribution in [2.45, 2.75) is 19.9 Å². The van der Waals surface area contributed by atoms with E-state index in [1.807, 2.05) is 25.1 Å². The van der Waals surface area contributed by atoms with Crippen molar-refractivity contribution in [2.24, 2.45) is 0 Å². The van der Waals surface area contributed by atoms with E-state index in [1.165, 1.54) is 0 Å². The molecule has 0 aliphatic heterocycles. The lowest BCUT2D eigenvalue weighted by atomic mass is 10.2. The van der Waals surface area contributed by atoms with Crippen molar-refractivity contribution in [3.05, 3.63) is 23.8 Å². The van der Waals surface area contributed by atoms with Gasteiger partial charge in [-0.15, -0.1) is 0 Å². The van der Waals surface area contributed by atoms with Crippen molar-refractivity contribution < 1.29 is 4.79 Å². The van der Waals surface area contributed by atoms with E-state index in [9.17, 15) is 4.79 Å². The number of carbonyl (C=O) groups is 1.